The summed E-state index contributed by atoms with van der Waals surface area (Å²) in [5, 5.41) is 3.45. The van der Waals surface area contributed by atoms with Crippen molar-refractivity contribution in [1.82, 2.24) is 5.32 Å². The lowest BCUT2D eigenvalue weighted by atomic mass is 10.1. The zero-order valence-electron chi connectivity index (χ0n) is 14.6. The second kappa shape index (κ2) is 8.94. The number of nitrogens with one attached hydrogen (secondary N) is 1. The largest absolute Gasteiger partial charge is 0.496 e. The topological polar surface area (TPSA) is 39.7 Å². The number of para-hydroxylation sites is 1. The number of methoxy groups -OCH3 is 2. The Bertz CT molecular complexity index is 674. The molecule has 0 fully saturated rings. The molecule has 0 radical (unpaired) electrons. The first-order chi connectivity index (χ1) is 11.5. The normalized spacial score (nSPS) is 10.8. The zero-order valence-corrected chi connectivity index (χ0v) is 16.1. The van der Waals surface area contributed by atoms with Crippen molar-refractivity contribution in [3.8, 4) is 17.2 Å². The molecule has 0 aliphatic carbocycles. The molecule has 2 aromatic carbocycles. The second-order valence-electron chi connectivity index (χ2n) is 5.68. The van der Waals surface area contributed by atoms with Crippen molar-refractivity contribution in [3.63, 3.8) is 0 Å². The van der Waals surface area contributed by atoms with Crippen molar-refractivity contribution in [1.29, 1.82) is 0 Å². The van der Waals surface area contributed by atoms with Gasteiger partial charge in [0.15, 0.2) is 11.5 Å². The summed E-state index contributed by atoms with van der Waals surface area (Å²) in [5.41, 5.74) is 2.16. The third-order valence-corrected chi connectivity index (χ3v) is 3.95. The number of rotatable bonds is 8. The lowest BCUT2D eigenvalue weighted by Gasteiger charge is -2.18. The van der Waals surface area contributed by atoms with Gasteiger partial charge in [-0.3, -0.25) is 0 Å². The van der Waals surface area contributed by atoms with Crippen LogP contribution in [-0.2, 0) is 13.1 Å². The Kier molecular flexibility index (Phi) is 6.94. The van der Waals surface area contributed by atoms with Gasteiger partial charge < -0.3 is 19.5 Å². The number of hydrogen-bond donors (Lipinski definition) is 1. The van der Waals surface area contributed by atoms with Gasteiger partial charge in [-0.1, -0.05) is 34.1 Å². The third-order valence-electron chi connectivity index (χ3n) is 3.49. The second-order valence-corrected chi connectivity index (χ2v) is 6.59. The van der Waals surface area contributed by atoms with Crippen LogP contribution in [0.4, 0.5) is 0 Å². The molecule has 0 unspecified atom stereocenters. The van der Waals surface area contributed by atoms with Crippen LogP contribution in [0.3, 0.4) is 0 Å². The van der Waals surface area contributed by atoms with Crippen molar-refractivity contribution in [2.45, 2.75) is 33.0 Å². The summed E-state index contributed by atoms with van der Waals surface area (Å²) in [6.07, 6.45) is 0.0769. The van der Waals surface area contributed by atoms with Crippen LogP contribution in [0.1, 0.15) is 25.0 Å². The highest BCUT2D eigenvalue weighted by atomic mass is 79.9. The van der Waals surface area contributed by atoms with Gasteiger partial charge in [0.25, 0.3) is 0 Å². The average Bonchev–Trinajstić information content (AvgIpc) is 2.56. The molecule has 2 rings (SSSR count). The quantitative estimate of drug-likeness (QED) is 0.714. The van der Waals surface area contributed by atoms with Gasteiger partial charge in [0.2, 0.25) is 0 Å². The molecule has 0 amide bonds. The van der Waals surface area contributed by atoms with Crippen LogP contribution >= 0.6 is 15.9 Å². The van der Waals surface area contributed by atoms with E-state index >= 15 is 0 Å². The molecule has 0 aliphatic rings. The molecule has 0 spiro atoms. The van der Waals surface area contributed by atoms with E-state index in [1.807, 2.05) is 38.1 Å². The molecular weight excluding hydrogens is 370 g/mol. The van der Waals surface area contributed by atoms with Crippen molar-refractivity contribution in [2.24, 2.45) is 0 Å². The highest BCUT2D eigenvalue weighted by Gasteiger charge is 2.14. The minimum Gasteiger partial charge on any atom is -0.496 e. The molecule has 0 aromatic heterocycles. The van der Waals surface area contributed by atoms with E-state index in [9.17, 15) is 0 Å². The molecule has 0 heterocycles. The van der Waals surface area contributed by atoms with E-state index in [0.29, 0.717) is 13.1 Å². The molecule has 0 atom stereocenters. The first-order valence-corrected chi connectivity index (χ1v) is 8.70. The number of hydrogen-bond acceptors (Lipinski definition) is 4. The molecule has 0 saturated heterocycles. The first kappa shape index (κ1) is 18.6. The molecule has 24 heavy (non-hydrogen) atoms. The SMILES string of the molecule is COc1ccccc1CNCc1cc(Br)cc(OC)c1OC(C)C. The van der Waals surface area contributed by atoms with Crippen molar-refractivity contribution < 1.29 is 14.2 Å². The maximum atomic E-state index is 5.96. The van der Waals surface area contributed by atoms with Crippen LogP contribution < -0.4 is 19.5 Å². The van der Waals surface area contributed by atoms with Crippen LogP contribution in [0.15, 0.2) is 40.9 Å². The Morgan fingerprint density at radius 2 is 1.62 bits per heavy atom. The van der Waals surface area contributed by atoms with E-state index in [-0.39, 0.29) is 6.10 Å². The molecule has 4 nitrogen and oxygen atoms in total. The average molecular weight is 394 g/mol. The maximum Gasteiger partial charge on any atom is 0.166 e. The maximum absolute atomic E-state index is 5.96. The molecule has 1 N–H and O–H groups in total. The van der Waals surface area contributed by atoms with Gasteiger partial charge >= 0.3 is 0 Å². The number of halogens is 1. The highest BCUT2D eigenvalue weighted by molar-refractivity contribution is 9.10. The van der Waals surface area contributed by atoms with Crippen molar-refractivity contribution >= 4 is 15.9 Å². The van der Waals surface area contributed by atoms with E-state index in [2.05, 4.69) is 33.4 Å². The summed E-state index contributed by atoms with van der Waals surface area (Å²) in [5.74, 6) is 2.39. The van der Waals surface area contributed by atoms with E-state index in [1.165, 1.54) is 0 Å². The van der Waals surface area contributed by atoms with Gasteiger partial charge in [0.1, 0.15) is 5.75 Å². The lowest BCUT2D eigenvalue weighted by Crippen LogP contribution is -2.16. The van der Waals surface area contributed by atoms with Gasteiger partial charge in [-0.2, -0.15) is 0 Å². The molecule has 0 bridgehead atoms. The van der Waals surface area contributed by atoms with Crippen LogP contribution in [0, 0.1) is 0 Å². The minimum absolute atomic E-state index is 0.0769. The standard InChI is InChI=1S/C19H24BrNO3/c1-13(2)24-19-15(9-16(20)10-18(19)23-4)12-21-11-14-7-5-6-8-17(14)22-3/h5-10,13,21H,11-12H2,1-4H3. The molecular formula is C19H24BrNO3. The smallest absolute Gasteiger partial charge is 0.166 e. The van der Waals surface area contributed by atoms with Crippen molar-refractivity contribution in [2.75, 3.05) is 14.2 Å². The van der Waals surface area contributed by atoms with E-state index in [1.54, 1.807) is 14.2 Å². The molecule has 0 aliphatic heterocycles. The highest BCUT2D eigenvalue weighted by Crippen LogP contribution is 2.35. The minimum atomic E-state index is 0.0769. The zero-order chi connectivity index (χ0) is 17.5. The van der Waals surface area contributed by atoms with Gasteiger partial charge in [-0.25, -0.2) is 0 Å². The summed E-state index contributed by atoms with van der Waals surface area (Å²) in [6, 6.07) is 12.0. The molecule has 130 valence electrons. The van der Waals surface area contributed by atoms with E-state index in [0.717, 1.165) is 32.8 Å². The third kappa shape index (κ3) is 4.89. The molecule has 2 aromatic rings. The lowest BCUT2D eigenvalue weighted by molar-refractivity contribution is 0.227. The Morgan fingerprint density at radius 3 is 2.29 bits per heavy atom. The Balaban J connectivity index is 2.15. The van der Waals surface area contributed by atoms with E-state index in [4.69, 9.17) is 14.2 Å². The molecule has 0 saturated carbocycles. The molecule has 5 heteroatoms. The fraction of sp³-hybridized carbons (Fsp3) is 0.368. The van der Waals surface area contributed by atoms with Crippen LogP contribution in [0.2, 0.25) is 0 Å². The Labute approximate surface area is 152 Å². The fourth-order valence-electron chi connectivity index (χ4n) is 2.46. The number of ether oxygens (including phenoxy) is 3. The van der Waals surface area contributed by atoms with Crippen molar-refractivity contribution in [3.05, 3.63) is 52.0 Å². The summed E-state index contributed by atoms with van der Waals surface area (Å²) in [7, 11) is 3.34. The fourth-order valence-corrected chi connectivity index (χ4v) is 2.94. The first-order valence-electron chi connectivity index (χ1n) is 7.90. The summed E-state index contributed by atoms with van der Waals surface area (Å²) < 4.78 is 17.8. The van der Waals surface area contributed by atoms with Crippen LogP contribution in [-0.4, -0.2) is 20.3 Å². The van der Waals surface area contributed by atoms with Crippen LogP contribution in [0.25, 0.3) is 0 Å². The predicted octanol–water partition coefficient (Wildman–Crippen LogP) is 4.54. The predicted molar refractivity (Wildman–Crippen MR) is 100.0 cm³/mol. The summed E-state index contributed by atoms with van der Waals surface area (Å²) in [4.78, 5) is 0. The Morgan fingerprint density at radius 1 is 0.958 bits per heavy atom. The Hall–Kier alpha value is -1.72. The summed E-state index contributed by atoms with van der Waals surface area (Å²) >= 11 is 3.53. The monoisotopic (exact) mass is 393 g/mol. The van der Waals surface area contributed by atoms with Gasteiger partial charge in [-0.15, -0.1) is 0 Å². The van der Waals surface area contributed by atoms with Crippen LogP contribution in [0.5, 0.6) is 17.2 Å². The number of benzene rings is 2. The van der Waals surface area contributed by atoms with E-state index < -0.39 is 0 Å². The summed E-state index contributed by atoms with van der Waals surface area (Å²) in [6.45, 7) is 5.39. The van der Waals surface area contributed by atoms with Gasteiger partial charge in [0.05, 0.1) is 20.3 Å². The van der Waals surface area contributed by atoms with Gasteiger partial charge in [0, 0.05) is 28.7 Å². The van der Waals surface area contributed by atoms with Gasteiger partial charge in [-0.05, 0) is 32.0 Å².